The Hall–Kier alpha value is -3.58. The molecule has 1 saturated heterocycles. The zero-order valence-electron chi connectivity index (χ0n) is 18.2. The van der Waals surface area contributed by atoms with Gasteiger partial charge in [-0.15, -0.1) is 0 Å². The fourth-order valence-electron chi connectivity index (χ4n) is 4.01. The first-order valence-corrected chi connectivity index (χ1v) is 11.5. The zero-order chi connectivity index (χ0) is 22.5. The number of nitrogens with one attached hydrogen (secondary N) is 1. The van der Waals surface area contributed by atoms with Crippen LogP contribution in [0.1, 0.15) is 24.8 Å². The standard InChI is InChI=1S/C25H25ClN6O/c26-23-17-20(12-13-24(23)31-14-5-2-6-15-31)27-18-19-8-7-11-22(16-19)33-25-28-29-30-32(25)21-9-3-1-4-10-21/h1,3-4,7-13,16-17,27H,2,5-6,14-15,18H2. The first kappa shape index (κ1) is 21.3. The highest BCUT2D eigenvalue weighted by Crippen LogP contribution is 2.31. The van der Waals surface area contributed by atoms with E-state index in [9.17, 15) is 0 Å². The molecule has 8 heteroatoms. The maximum atomic E-state index is 6.59. The quantitative estimate of drug-likeness (QED) is 0.381. The number of anilines is 2. The molecule has 1 aromatic heterocycles. The van der Waals surface area contributed by atoms with Gasteiger partial charge in [-0.2, -0.15) is 4.68 Å². The third-order valence-corrected chi connectivity index (χ3v) is 5.99. The number of nitrogens with zero attached hydrogens (tertiary/aromatic N) is 5. The zero-order valence-corrected chi connectivity index (χ0v) is 18.9. The highest BCUT2D eigenvalue weighted by atomic mass is 35.5. The summed E-state index contributed by atoms with van der Waals surface area (Å²) in [6.45, 7) is 2.79. The number of tetrazole rings is 1. The molecule has 33 heavy (non-hydrogen) atoms. The molecular weight excluding hydrogens is 436 g/mol. The first-order valence-electron chi connectivity index (χ1n) is 11.2. The number of piperidine rings is 1. The Bertz CT molecular complexity index is 1210. The molecule has 1 aliphatic rings. The topological polar surface area (TPSA) is 68.1 Å². The average Bonchev–Trinajstić information content (AvgIpc) is 3.32. The molecule has 4 aromatic rings. The lowest BCUT2D eigenvalue weighted by Gasteiger charge is -2.29. The van der Waals surface area contributed by atoms with E-state index in [4.69, 9.17) is 16.3 Å². The second-order valence-corrected chi connectivity index (χ2v) is 8.43. The van der Waals surface area contributed by atoms with E-state index in [0.29, 0.717) is 18.3 Å². The maximum Gasteiger partial charge on any atom is 0.345 e. The first-order chi connectivity index (χ1) is 16.3. The Morgan fingerprint density at radius 3 is 2.58 bits per heavy atom. The summed E-state index contributed by atoms with van der Waals surface area (Å²) < 4.78 is 7.54. The molecule has 168 valence electrons. The summed E-state index contributed by atoms with van der Waals surface area (Å²) in [4.78, 5) is 2.37. The fourth-order valence-corrected chi connectivity index (χ4v) is 4.31. The molecule has 0 atom stereocenters. The summed E-state index contributed by atoms with van der Waals surface area (Å²) in [6.07, 6.45) is 3.76. The lowest BCUT2D eigenvalue weighted by atomic mass is 10.1. The van der Waals surface area contributed by atoms with Gasteiger partial charge in [-0.05, 0) is 77.7 Å². The van der Waals surface area contributed by atoms with Crippen LogP contribution in [0.4, 0.5) is 11.4 Å². The van der Waals surface area contributed by atoms with E-state index in [1.54, 1.807) is 4.68 Å². The Kier molecular flexibility index (Phi) is 6.39. The van der Waals surface area contributed by atoms with Crippen molar-refractivity contribution in [3.05, 3.63) is 83.4 Å². The molecule has 0 aliphatic carbocycles. The summed E-state index contributed by atoms with van der Waals surface area (Å²) in [5.74, 6) is 0.666. The van der Waals surface area contributed by atoms with E-state index in [-0.39, 0.29) is 0 Å². The minimum Gasteiger partial charge on any atom is -0.423 e. The number of halogens is 1. The Labute approximate surface area is 197 Å². The van der Waals surface area contributed by atoms with Crippen molar-refractivity contribution in [2.24, 2.45) is 0 Å². The molecule has 1 aliphatic heterocycles. The minimum atomic E-state index is 0.311. The summed E-state index contributed by atoms with van der Waals surface area (Å²) in [5.41, 5.74) is 4.01. The molecule has 0 spiro atoms. The largest absolute Gasteiger partial charge is 0.423 e. The van der Waals surface area contributed by atoms with Crippen LogP contribution in [-0.2, 0) is 6.54 Å². The number of aromatic nitrogens is 4. The van der Waals surface area contributed by atoms with Crippen molar-refractivity contribution in [1.82, 2.24) is 20.2 Å². The lowest BCUT2D eigenvalue weighted by molar-refractivity contribution is 0.427. The van der Waals surface area contributed by atoms with Gasteiger partial charge in [-0.1, -0.05) is 47.0 Å². The van der Waals surface area contributed by atoms with E-state index < -0.39 is 0 Å². The SMILES string of the molecule is Clc1cc(NCc2cccc(Oc3nnnn3-c3ccccc3)c2)ccc1N1CCCCC1. The number of hydrogen-bond acceptors (Lipinski definition) is 6. The number of para-hydroxylation sites is 1. The van der Waals surface area contributed by atoms with E-state index >= 15 is 0 Å². The van der Waals surface area contributed by atoms with Crippen molar-refractivity contribution in [2.75, 3.05) is 23.3 Å². The third kappa shape index (κ3) is 5.09. The van der Waals surface area contributed by atoms with E-state index in [1.807, 2.05) is 60.7 Å². The predicted octanol–water partition coefficient (Wildman–Crippen LogP) is 5.71. The number of rotatable bonds is 7. The average molecular weight is 461 g/mol. The van der Waals surface area contributed by atoms with Gasteiger partial charge < -0.3 is 15.0 Å². The van der Waals surface area contributed by atoms with Crippen LogP contribution in [0.15, 0.2) is 72.8 Å². The Balaban J connectivity index is 1.24. The molecule has 3 aromatic carbocycles. The van der Waals surface area contributed by atoms with Crippen LogP contribution >= 0.6 is 11.6 Å². The highest BCUT2D eigenvalue weighted by molar-refractivity contribution is 6.33. The van der Waals surface area contributed by atoms with Crippen LogP contribution in [0.3, 0.4) is 0 Å². The van der Waals surface area contributed by atoms with Crippen molar-refractivity contribution < 1.29 is 4.74 Å². The number of ether oxygens (including phenoxy) is 1. The molecule has 1 N–H and O–H groups in total. The lowest BCUT2D eigenvalue weighted by Crippen LogP contribution is -2.29. The molecule has 0 bridgehead atoms. The van der Waals surface area contributed by atoms with E-state index in [2.05, 4.69) is 37.9 Å². The Morgan fingerprint density at radius 2 is 1.76 bits per heavy atom. The van der Waals surface area contributed by atoms with E-state index in [1.165, 1.54) is 19.3 Å². The van der Waals surface area contributed by atoms with Gasteiger partial charge in [0.05, 0.1) is 16.4 Å². The van der Waals surface area contributed by atoms with Crippen LogP contribution in [0.25, 0.3) is 5.69 Å². The smallest absolute Gasteiger partial charge is 0.345 e. The summed E-state index contributed by atoms with van der Waals surface area (Å²) in [7, 11) is 0. The molecule has 0 saturated carbocycles. The van der Waals surface area contributed by atoms with Crippen molar-refractivity contribution in [3.8, 4) is 17.4 Å². The second kappa shape index (κ2) is 9.92. The van der Waals surface area contributed by atoms with Gasteiger partial charge >= 0.3 is 6.01 Å². The van der Waals surface area contributed by atoms with E-state index in [0.717, 1.165) is 40.7 Å². The third-order valence-electron chi connectivity index (χ3n) is 5.69. The number of benzene rings is 3. The predicted molar refractivity (Wildman–Crippen MR) is 131 cm³/mol. The van der Waals surface area contributed by atoms with Gasteiger partial charge in [0.25, 0.3) is 0 Å². The van der Waals surface area contributed by atoms with Gasteiger partial charge in [-0.3, -0.25) is 0 Å². The molecular formula is C25H25ClN6O. The van der Waals surface area contributed by atoms with Gasteiger partial charge in [0, 0.05) is 25.3 Å². The molecule has 5 rings (SSSR count). The molecule has 0 unspecified atom stereocenters. The minimum absolute atomic E-state index is 0.311. The number of hydrogen-bond donors (Lipinski definition) is 1. The van der Waals surface area contributed by atoms with Gasteiger partial charge in [0.2, 0.25) is 0 Å². The van der Waals surface area contributed by atoms with Crippen molar-refractivity contribution >= 4 is 23.0 Å². The second-order valence-electron chi connectivity index (χ2n) is 8.03. The molecule has 1 fully saturated rings. The van der Waals surface area contributed by atoms with Crippen LogP contribution in [0.5, 0.6) is 11.8 Å². The molecule has 0 radical (unpaired) electrons. The summed E-state index contributed by atoms with van der Waals surface area (Å²) in [5, 5.41) is 16.0. The van der Waals surface area contributed by atoms with Crippen molar-refractivity contribution in [3.63, 3.8) is 0 Å². The van der Waals surface area contributed by atoms with Crippen LogP contribution in [0, 0.1) is 0 Å². The van der Waals surface area contributed by atoms with Crippen molar-refractivity contribution in [2.45, 2.75) is 25.8 Å². The molecule has 7 nitrogen and oxygen atoms in total. The van der Waals surface area contributed by atoms with Gasteiger partial charge in [-0.25, -0.2) is 0 Å². The maximum absolute atomic E-state index is 6.59. The van der Waals surface area contributed by atoms with Crippen LogP contribution < -0.4 is 15.0 Å². The summed E-state index contributed by atoms with van der Waals surface area (Å²) in [6, 6.07) is 24.0. The summed E-state index contributed by atoms with van der Waals surface area (Å²) >= 11 is 6.59. The van der Waals surface area contributed by atoms with Crippen LogP contribution in [0.2, 0.25) is 5.02 Å². The monoisotopic (exact) mass is 460 g/mol. The fraction of sp³-hybridized carbons (Fsp3) is 0.240. The molecule has 0 amide bonds. The Morgan fingerprint density at radius 1 is 0.909 bits per heavy atom. The molecule has 2 heterocycles. The van der Waals surface area contributed by atoms with Crippen molar-refractivity contribution in [1.29, 1.82) is 0 Å². The van der Waals surface area contributed by atoms with Crippen LogP contribution in [-0.4, -0.2) is 33.3 Å². The van der Waals surface area contributed by atoms with Gasteiger partial charge in [0.1, 0.15) is 5.75 Å². The highest BCUT2D eigenvalue weighted by Gasteiger charge is 2.14. The van der Waals surface area contributed by atoms with Gasteiger partial charge in [0.15, 0.2) is 0 Å². The normalized spacial score (nSPS) is 13.7.